The van der Waals surface area contributed by atoms with Crippen molar-refractivity contribution in [2.45, 2.75) is 0 Å². The minimum absolute atomic E-state index is 0.530. The van der Waals surface area contributed by atoms with Gasteiger partial charge in [-0.15, -0.1) is 12.8 Å². The van der Waals surface area contributed by atoms with Crippen LogP contribution in [0, 0.1) is 48.4 Å². The Hall–Kier alpha value is -3.46. The van der Waals surface area contributed by atoms with Crippen LogP contribution in [0.15, 0.2) is 36.7 Å². The van der Waals surface area contributed by atoms with Gasteiger partial charge in [0.25, 0.3) is 0 Å². The molecule has 0 saturated heterocycles. The first-order chi connectivity index (χ1) is 9.85. The van der Waals surface area contributed by atoms with Crippen molar-refractivity contribution in [1.82, 2.24) is 9.97 Å². The van der Waals surface area contributed by atoms with Gasteiger partial charge in [0, 0.05) is 12.4 Å². The second kappa shape index (κ2) is 6.47. The highest BCUT2D eigenvalue weighted by molar-refractivity contribution is 5.50. The predicted molar refractivity (Wildman–Crippen MR) is 78.1 cm³/mol. The van der Waals surface area contributed by atoms with Crippen LogP contribution >= 0.6 is 0 Å². The van der Waals surface area contributed by atoms with E-state index in [0.29, 0.717) is 22.5 Å². The van der Waals surface area contributed by atoms with E-state index in [2.05, 4.69) is 45.5 Å². The van der Waals surface area contributed by atoms with Crippen LogP contribution in [0.1, 0.15) is 22.5 Å². The number of pyridine rings is 2. The lowest BCUT2D eigenvalue weighted by Crippen LogP contribution is -1.87. The molecule has 0 aliphatic carbocycles. The maximum Gasteiger partial charge on any atom is 0.129 e. The van der Waals surface area contributed by atoms with Crippen LogP contribution in [0.25, 0.3) is 0 Å². The molecular weight excluding hydrogens is 244 g/mol. The van der Waals surface area contributed by atoms with Crippen LogP contribution in [-0.2, 0) is 0 Å². The van der Waals surface area contributed by atoms with E-state index < -0.39 is 0 Å². The Kier molecular flexibility index (Phi) is 4.20. The third kappa shape index (κ3) is 3.05. The molecule has 0 fully saturated rings. The lowest BCUT2D eigenvalue weighted by molar-refractivity contribution is 1.27. The Morgan fingerprint density at radius 2 is 1.20 bits per heavy atom. The predicted octanol–water partition coefficient (Wildman–Crippen LogP) is 1.84. The van der Waals surface area contributed by atoms with Gasteiger partial charge in [0.1, 0.15) is 11.4 Å². The molecule has 0 bridgehead atoms. The van der Waals surface area contributed by atoms with E-state index in [1.807, 2.05) is 0 Å². The highest BCUT2D eigenvalue weighted by Crippen LogP contribution is 2.01. The van der Waals surface area contributed by atoms with Gasteiger partial charge in [-0.1, -0.05) is 11.8 Å². The van der Waals surface area contributed by atoms with E-state index in [1.165, 1.54) is 0 Å². The van der Waals surface area contributed by atoms with Gasteiger partial charge in [-0.3, -0.25) is 0 Å². The van der Waals surface area contributed by atoms with Gasteiger partial charge >= 0.3 is 0 Å². The third-order valence-electron chi connectivity index (χ3n) is 2.35. The number of aromatic nitrogens is 2. The van der Waals surface area contributed by atoms with Crippen LogP contribution in [0.2, 0.25) is 0 Å². The van der Waals surface area contributed by atoms with E-state index >= 15 is 0 Å². The topological polar surface area (TPSA) is 25.8 Å². The summed E-state index contributed by atoms with van der Waals surface area (Å²) in [5.41, 5.74) is 2.35. The van der Waals surface area contributed by atoms with Crippen LogP contribution in [0.4, 0.5) is 0 Å². The fraction of sp³-hybridized carbons (Fsp3) is 0. The van der Waals surface area contributed by atoms with E-state index in [0.717, 1.165) is 0 Å². The van der Waals surface area contributed by atoms with E-state index in [-0.39, 0.29) is 0 Å². The first kappa shape index (κ1) is 13.0. The van der Waals surface area contributed by atoms with Crippen molar-refractivity contribution in [3.8, 4) is 48.4 Å². The molecule has 0 aliphatic rings. The van der Waals surface area contributed by atoms with Gasteiger partial charge in [0.15, 0.2) is 0 Å². The molecule has 2 heterocycles. The van der Waals surface area contributed by atoms with E-state index in [1.54, 1.807) is 36.7 Å². The average molecular weight is 252 g/mol. The summed E-state index contributed by atoms with van der Waals surface area (Å²) in [5.74, 6) is 16.1. The van der Waals surface area contributed by atoms with Crippen LogP contribution in [-0.4, -0.2) is 9.97 Å². The average Bonchev–Trinajstić information content (AvgIpc) is 2.52. The smallest absolute Gasteiger partial charge is 0.129 e. The maximum absolute atomic E-state index is 5.36. The standard InChI is InChI=1S/C18H8N2/c1-3-15-9-7-13-19-17(15)11-5-6-12-18-16(4-2)10-8-14-20-18/h1-2,7-10,13-14H. The Morgan fingerprint density at radius 1 is 0.750 bits per heavy atom. The van der Waals surface area contributed by atoms with Gasteiger partial charge in [0.2, 0.25) is 0 Å². The highest BCUT2D eigenvalue weighted by atomic mass is 14.7. The molecule has 2 nitrogen and oxygen atoms in total. The molecule has 2 rings (SSSR count). The molecule has 0 aliphatic heterocycles. The summed E-state index contributed by atoms with van der Waals surface area (Å²) in [7, 11) is 0. The zero-order chi connectivity index (χ0) is 14.2. The quantitative estimate of drug-likeness (QED) is 0.669. The normalized spacial score (nSPS) is 8.10. The zero-order valence-corrected chi connectivity index (χ0v) is 10.5. The lowest BCUT2D eigenvalue weighted by atomic mass is 10.2. The summed E-state index contributed by atoms with van der Waals surface area (Å²) in [6.07, 6.45) is 14.0. The summed E-state index contributed by atoms with van der Waals surface area (Å²) in [4.78, 5) is 8.19. The molecule has 2 aromatic heterocycles. The molecule has 0 N–H and O–H groups in total. The minimum atomic E-state index is 0.530. The number of hydrogen-bond donors (Lipinski definition) is 0. The summed E-state index contributed by atoms with van der Waals surface area (Å²) in [6, 6.07) is 7.08. The minimum Gasteiger partial charge on any atom is -0.246 e. The zero-order valence-electron chi connectivity index (χ0n) is 10.5. The SMILES string of the molecule is C#Cc1cccnc1C#CC#Cc1ncccc1C#C. The molecule has 2 heteroatoms. The van der Waals surface area contributed by atoms with Crippen molar-refractivity contribution >= 4 is 0 Å². The molecule has 0 atom stereocenters. The van der Waals surface area contributed by atoms with Crippen molar-refractivity contribution < 1.29 is 0 Å². The van der Waals surface area contributed by atoms with E-state index in [4.69, 9.17) is 12.8 Å². The van der Waals surface area contributed by atoms with Crippen molar-refractivity contribution in [2.75, 3.05) is 0 Å². The Bertz CT molecular complexity index is 767. The third-order valence-corrected chi connectivity index (χ3v) is 2.35. The first-order valence-corrected chi connectivity index (χ1v) is 5.70. The molecule has 2 aromatic rings. The molecule has 0 amide bonds. The molecule has 0 unspecified atom stereocenters. The van der Waals surface area contributed by atoms with Gasteiger partial charge in [-0.2, -0.15) is 0 Å². The number of rotatable bonds is 0. The van der Waals surface area contributed by atoms with Crippen LogP contribution in [0.3, 0.4) is 0 Å². The van der Waals surface area contributed by atoms with Crippen molar-refractivity contribution in [3.05, 3.63) is 59.2 Å². The van der Waals surface area contributed by atoms with Crippen LogP contribution in [0.5, 0.6) is 0 Å². The molecule has 0 radical (unpaired) electrons. The monoisotopic (exact) mass is 252 g/mol. The van der Waals surface area contributed by atoms with Gasteiger partial charge < -0.3 is 0 Å². The lowest BCUT2D eigenvalue weighted by Gasteiger charge is -1.92. The highest BCUT2D eigenvalue weighted by Gasteiger charge is 1.95. The van der Waals surface area contributed by atoms with Crippen molar-refractivity contribution in [3.63, 3.8) is 0 Å². The summed E-state index contributed by atoms with van der Waals surface area (Å²) in [6.45, 7) is 0. The van der Waals surface area contributed by atoms with Crippen LogP contribution < -0.4 is 0 Å². The molecule has 0 spiro atoms. The fourth-order valence-electron chi connectivity index (χ4n) is 1.42. The van der Waals surface area contributed by atoms with Gasteiger partial charge in [-0.25, -0.2) is 9.97 Å². The number of terminal acetylenes is 2. The van der Waals surface area contributed by atoms with Crippen molar-refractivity contribution in [2.24, 2.45) is 0 Å². The summed E-state index contributed by atoms with van der Waals surface area (Å²) >= 11 is 0. The first-order valence-electron chi connectivity index (χ1n) is 5.70. The largest absolute Gasteiger partial charge is 0.246 e. The Labute approximate surface area is 118 Å². The van der Waals surface area contributed by atoms with E-state index in [9.17, 15) is 0 Å². The molecule has 90 valence electrons. The molecule has 0 saturated carbocycles. The van der Waals surface area contributed by atoms with Gasteiger partial charge in [-0.05, 0) is 47.9 Å². The Morgan fingerprint density at radius 3 is 1.60 bits per heavy atom. The van der Waals surface area contributed by atoms with Crippen molar-refractivity contribution in [1.29, 1.82) is 0 Å². The number of nitrogens with zero attached hydrogens (tertiary/aromatic N) is 2. The number of hydrogen-bond acceptors (Lipinski definition) is 2. The fourth-order valence-corrected chi connectivity index (χ4v) is 1.42. The summed E-state index contributed by atoms with van der Waals surface area (Å²) in [5, 5.41) is 0. The maximum atomic E-state index is 5.36. The second-order valence-electron chi connectivity index (χ2n) is 3.59. The Balaban J connectivity index is 2.28. The molecule has 0 aromatic carbocycles. The summed E-state index contributed by atoms with van der Waals surface area (Å²) < 4.78 is 0. The van der Waals surface area contributed by atoms with Gasteiger partial charge in [0.05, 0.1) is 11.1 Å². The molecular formula is C18H8N2. The molecule has 20 heavy (non-hydrogen) atoms. The second-order valence-corrected chi connectivity index (χ2v) is 3.59.